The van der Waals surface area contributed by atoms with Crippen LogP contribution in [0.5, 0.6) is 0 Å². The summed E-state index contributed by atoms with van der Waals surface area (Å²) >= 11 is 1.26. The Morgan fingerprint density at radius 1 is 1.60 bits per heavy atom. The van der Waals surface area contributed by atoms with E-state index in [4.69, 9.17) is 5.73 Å². The van der Waals surface area contributed by atoms with Gasteiger partial charge in [-0.25, -0.2) is 4.98 Å². The van der Waals surface area contributed by atoms with Crippen molar-refractivity contribution >= 4 is 29.0 Å². The minimum Gasteiger partial charge on any atom is -0.393 e. The van der Waals surface area contributed by atoms with E-state index in [9.17, 15) is 4.79 Å². The average Bonchev–Trinajstić information content (AvgIpc) is 2.59. The molecule has 8 heteroatoms. The number of nitrogen functional groups attached to an aromatic ring is 1. The molecule has 0 radical (unpaired) electrons. The molecule has 2 rings (SSSR count). The van der Waals surface area contributed by atoms with E-state index in [0.717, 1.165) is 4.88 Å². The summed E-state index contributed by atoms with van der Waals surface area (Å²) in [6.45, 7) is 1.86. The number of H-pyrrole nitrogens is 1. The second-order valence-corrected chi connectivity index (χ2v) is 3.78. The van der Waals surface area contributed by atoms with Crippen molar-refractivity contribution in [1.29, 1.82) is 0 Å². The lowest BCUT2D eigenvalue weighted by Gasteiger charge is -2.01. The Balaban J connectivity index is 2.29. The van der Waals surface area contributed by atoms with E-state index < -0.39 is 0 Å². The summed E-state index contributed by atoms with van der Waals surface area (Å²) in [6, 6.07) is 0. The highest BCUT2D eigenvalue weighted by molar-refractivity contribution is 7.05. The van der Waals surface area contributed by atoms with Gasteiger partial charge in [-0.05, 0) is 18.5 Å². The van der Waals surface area contributed by atoms with Gasteiger partial charge in [0.15, 0.2) is 5.82 Å². The molecule has 0 atom stereocenters. The van der Waals surface area contributed by atoms with Crippen LogP contribution in [-0.4, -0.2) is 19.6 Å². The number of hydrogen-bond donors (Lipinski definition) is 3. The van der Waals surface area contributed by atoms with Gasteiger partial charge in [0.25, 0.3) is 5.56 Å². The van der Waals surface area contributed by atoms with Crippen LogP contribution in [0.2, 0.25) is 0 Å². The van der Waals surface area contributed by atoms with Crippen LogP contribution in [0, 0.1) is 6.92 Å². The molecule has 0 bridgehead atoms. The van der Waals surface area contributed by atoms with Crippen LogP contribution in [0.1, 0.15) is 4.88 Å². The minimum atomic E-state index is -0.381. The second-order valence-electron chi connectivity index (χ2n) is 2.82. The zero-order valence-corrected chi connectivity index (χ0v) is 8.63. The quantitative estimate of drug-likeness (QED) is 0.674. The standard InChI is InChI=1S/C7H8N6OS/c1-3-5(12-13-15-3)10-7-9-2-4(8)6(14)11-7/h2H,8H2,1H3,(H2,9,10,11,14). The van der Waals surface area contributed by atoms with E-state index >= 15 is 0 Å². The Morgan fingerprint density at radius 2 is 2.40 bits per heavy atom. The van der Waals surface area contributed by atoms with E-state index in [-0.39, 0.29) is 11.2 Å². The highest BCUT2D eigenvalue weighted by atomic mass is 32.1. The van der Waals surface area contributed by atoms with Crippen LogP contribution in [0.25, 0.3) is 0 Å². The maximum atomic E-state index is 11.2. The highest BCUT2D eigenvalue weighted by Gasteiger charge is 2.05. The molecule has 2 aromatic heterocycles. The monoisotopic (exact) mass is 224 g/mol. The van der Waals surface area contributed by atoms with Crippen molar-refractivity contribution in [2.45, 2.75) is 6.92 Å². The molecule has 0 aromatic carbocycles. The smallest absolute Gasteiger partial charge is 0.275 e. The van der Waals surface area contributed by atoms with Gasteiger partial charge in [-0.15, -0.1) is 5.10 Å². The van der Waals surface area contributed by atoms with Gasteiger partial charge in [0.05, 0.1) is 11.1 Å². The van der Waals surface area contributed by atoms with E-state index in [2.05, 4.69) is 24.9 Å². The lowest BCUT2D eigenvalue weighted by Crippen LogP contribution is -2.14. The fourth-order valence-electron chi connectivity index (χ4n) is 0.930. The first-order valence-corrected chi connectivity index (χ1v) is 4.85. The third-order valence-corrected chi connectivity index (χ3v) is 2.35. The van der Waals surface area contributed by atoms with Gasteiger partial charge < -0.3 is 11.1 Å². The van der Waals surface area contributed by atoms with Crippen LogP contribution in [0.4, 0.5) is 17.5 Å². The Labute approximate surface area is 88.5 Å². The molecule has 0 saturated heterocycles. The fourth-order valence-corrected chi connectivity index (χ4v) is 1.35. The lowest BCUT2D eigenvalue weighted by molar-refractivity contribution is 1.09. The second kappa shape index (κ2) is 3.65. The highest BCUT2D eigenvalue weighted by Crippen LogP contribution is 2.16. The first-order valence-electron chi connectivity index (χ1n) is 4.07. The zero-order chi connectivity index (χ0) is 10.8. The van der Waals surface area contributed by atoms with Gasteiger partial charge >= 0.3 is 0 Å². The Morgan fingerprint density at radius 3 is 3.00 bits per heavy atom. The van der Waals surface area contributed by atoms with Gasteiger partial charge in [0.2, 0.25) is 5.95 Å². The molecule has 15 heavy (non-hydrogen) atoms. The molecule has 0 aliphatic carbocycles. The molecule has 0 amide bonds. The minimum absolute atomic E-state index is 0.0775. The maximum Gasteiger partial charge on any atom is 0.275 e. The number of nitrogens with one attached hydrogen (secondary N) is 2. The third kappa shape index (κ3) is 1.94. The van der Waals surface area contributed by atoms with Crippen LogP contribution in [0.15, 0.2) is 11.0 Å². The van der Waals surface area contributed by atoms with E-state index in [0.29, 0.717) is 11.8 Å². The van der Waals surface area contributed by atoms with Crippen molar-refractivity contribution in [3.05, 3.63) is 21.4 Å². The number of aryl methyl sites for hydroxylation is 1. The molecule has 0 aliphatic heterocycles. The molecule has 0 saturated carbocycles. The summed E-state index contributed by atoms with van der Waals surface area (Å²) < 4.78 is 3.74. The molecule has 7 nitrogen and oxygen atoms in total. The molecule has 2 heterocycles. The van der Waals surface area contributed by atoms with Gasteiger partial charge in [-0.2, -0.15) is 0 Å². The normalized spacial score (nSPS) is 10.2. The number of aromatic amines is 1. The summed E-state index contributed by atoms with van der Waals surface area (Å²) in [5.74, 6) is 0.873. The SMILES string of the molecule is Cc1snnc1Nc1ncc(N)c(=O)[nH]1. The molecular formula is C7H8N6OS. The molecule has 78 valence electrons. The largest absolute Gasteiger partial charge is 0.393 e. The molecule has 0 aliphatic rings. The maximum absolute atomic E-state index is 11.2. The lowest BCUT2D eigenvalue weighted by atomic mass is 10.5. The number of anilines is 3. The van der Waals surface area contributed by atoms with Crippen LogP contribution in [0.3, 0.4) is 0 Å². The summed E-state index contributed by atoms with van der Waals surface area (Å²) in [5, 5.41) is 6.66. The summed E-state index contributed by atoms with van der Waals surface area (Å²) in [5.41, 5.74) is 5.03. The van der Waals surface area contributed by atoms with Crippen LogP contribution >= 0.6 is 11.5 Å². The zero-order valence-electron chi connectivity index (χ0n) is 7.81. The number of nitrogens with zero attached hydrogens (tertiary/aromatic N) is 3. The molecule has 4 N–H and O–H groups in total. The number of nitrogens with two attached hydrogens (primary N) is 1. The van der Waals surface area contributed by atoms with E-state index in [1.54, 1.807) is 0 Å². The number of rotatable bonds is 2. The van der Waals surface area contributed by atoms with Gasteiger partial charge in [0, 0.05) is 0 Å². The summed E-state index contributed by atoms with van der Waals surface area (Å²) in [6.07, 6.45) is 1.29. The number of aromatic nitrogens is 4. The fraction of sp³-hybridized carbons (Fsp3) is 0.143. The van der Waals surface area contributed by atoms with E-state index in [1.807, 2.05) is 6.92 Å². The third-order valence-electron chi connectivity index (χ3n) is 1.72. The van der Waals surface area contributed by atoms with Gasteiger partial charge in [-0.1, -0.05) is 4.49 Å². The average molecular weight is 224 g/mol. The number of hydrogen-bond acceptors (Lipinski definition) is 7. The molecule has 0 spiro atoms. The Kier molecular flexibility index (Phi) is 2.34. The predicted molar refractivity (Wildman–Crippen MR) is 57.2 cm³/mol. The van der Waals surface area contributed by atoms with Gasteiger partial charge in [0.1, 0.15) is 5.69 Å². The summed E-state index contributed by atoms with van der Waals surface area (Å²) in [7, 11) is 0. The Hall–Kier alpha value is -1.96. The first-order chi connectivity index (χ1) is 7.16. The van der Waals surface area contributed by atoms with Crippen molar-refractivity contribution < 1.29 is 0 Å². The first kappa shape index (κ1) is 9.59. The topological polar surface area (TPSA) is 110 Å². The van der Waals surface area contributed by atoms with E-state index in [1.165, 1.54) is 17.7 Å². The molecule has 0 unspecified atom stereocenters. The van der Waals surface area contributed by atoms with Crippen molar-refractivity contribution in [3.8, 4) is 0 Å². The van der Waals surface area contributed by atoms with Crippen molar-refractivity contribution in [1.82, 2.24) is 19.6 Å². The van der Waals surface area contributed by atoms with Crippen LogP contribution in [-0.2, 0) is 0 Å². The molecule has 2 aromatic rings. The predicted octanol–water partition coefficient (Wildman–Crippen LogP) is 0.256. The summed E-state index contributed by atoms with van der Waals surface area (Å²) in [4.78, 5) is 18.4. The van der Waals surface area contributed by atoms with Crippen molar-refractivity contribution in [2.24, 2.45) is 0 Å². The van der Waals surface area contributed by atoms with Crippen molar-refractivity contribution in [3.63, 3.8) is 0 Å². The molecule has 0 fully saturated rings. The van der Waals surface area contributed by atoms with Gasteiger partial charge in [-0.3, -0.25) is 9.78 Å². The molecular weight excluding hydrogens is 216 g/mol. The van der Waals surface area contributed by atoms with Crippen LogP contribution < -0.4 is 16.6 Å². The Bertz CT molecular complexity index is 532. The van der Waals surface area contributed by atoms with Crippen molar-refractivity contribution in [2.75, 3.05) is 11.1 Å².